The molecule has 0 saturated carbocycles. The van der Waals surface area contributed by atoms with Crippen LogP contribution in [0.15, 0.2) is 18.3 Å². The van der Waals surface area contributed by atoms with E-state index in [1.807, 2.05) is 26.0 Å². The number of hydrogen-bond acceptors (Lipinski definition) is 3. The van der Waals surface area contributed by atoms with Crippen LogP contribution in [-0.2, 0) is 4.79 Å². The number of aromatic nitrogens is 1. The molecule has 0 aliphatic carbocycles. The number of hydrogen-bond donors (Lipinski definition) is 2. The average Bonchev–Trinajstić information content (AvgIpc) is 2.38. The lowest BCUT2D eigenvalue weighted by Gasteiger charge is -2.23. The molecule has 1 aliphatic rings. The minimum Gasteiger partial charge on any atom is -0.367 e. The van der Waals surface area contributed by atoms with Gasteiger partial charge in [0, 0.05) is 12.7 Å². The van der Waals surface area contributed by atoms with Crippen LogP contribution in [0, 0.1) is 5.41 Å². The van der Waals surface area contributed by atoms with E-state index in [0.29, 0.717) is 6.54 Å². The maximum atomic E-state index is 12.0. The second-order valence-corrected chi connectivity index (χ2v) is 4.12. The Bertz CT molecular complexity index is 391. The Balaban J connectivity index is 2.34. The van der Waals surface area contributed by atoms with E-state index in [1.165, 1.54) is 0 Å². The van der Waals surface area contributed by atoms with Crippen molar-refractivity contribution in [3.63, 3.8) is 0 Å². The van der Waals surface area contributed by atoms with E-state index in [0.717, 1.165) is 17.9 Å². The third-order valence-corrected chi connectivity index (χ3v) is 3.03. The molecule has 1 aliphatic heterocycles. The van der Waals surface area contributed by atoms with Gasteiger partial charge in [-0.15, -0.1) is 0 Å². The Hall–Kier alpha value is -1.58. The van der Waals surface area contributed by atoms with E-state index in [4.69, 9.17) is 0 Å². The van der Waals surface area contributed by atoms with Gasteiger partial charge >= 0.3 is 0 Å². The number of amides is 1. The highest BCUT2D eigenvalue weighted by Gasteiger charge is 2.34. The third kappa shape index (κ3) is 1.67. The normalized spacial score (nSPS) is 24.8. The van der Waals surface area contributed by atoms with Crippen LogP contribution in [0.3, 0.4) is 0 Å². The highest BCUT2D eigenvalue weighted by atomic mass is 16.2. The van der Waals surface area contributed by atoms with E-state index in [1.54, 1.807) is 6.20 Å². The van der Waals surface area contributed by atoms with Gasteiger partial charge in [-0.1, -0.05) is 6.92 Å². The van der Waals surface area contributed by atoms with Gasteiger partial charge in [0.05, 0.1) is 11.1 Å². The monoisotopic (exact) mass is 205 g/mol. The molecule has 1 amide bonds. The van der Waals surface area contributed by atoms with Crippen LogP contribution in [0.2, 0.25) is 0 Å². The van der Waals surface area contributed by atoms with Gasteiger partial charge in [-0.2, -0.15) is 0 Å². The SMILES string of the molecule is CCC1(C)CNc2ncccc2NC1=O. The molecule has 0 saturated heterocycles. The Kier molecular flexibility index (Phi) is 2.34. The topological polar surface area (TPSA) is 54.0 Å². The summed E-state index contributed by atoms with van der Waals surface area (Å²) in [5.74, 6) is 0.812. The van der Waals surface area contributed by atoms with E-state index >= 15 is 0 Å². The molecule has 4 nitrogen and oxygen atoms in total. The van der Waals surface area contributed by atoms with Crippen molar-refractivity contribution in [2.75, 3.05) is 17.2 Å². The molecule has 1 unspecified atom stereocenters. The highest BCUT2D eigenvalue weighted by Crippen LogP contribution is 2.30. The van der Waals surface area contributed by atoms with Crippen molar-refractivity contribution in [3.05, 3.63) is 18.3 Å². The Morgan fingerprint density at radius 2 is 2.40 bits per heavy atom. The van der Waals surface area contributed by atoms with Crippen molar-refractivity contribution in [3.8, 4) is 0 Å². The van der Waals surface area contributed by atoms with Crippen molar-refractivity contribution in [1.29, 1.82) is 0 Å². The van der Waals surface area contributed by atoms with E-state index in [-0.39, 0.29) is 11.3 Å². The molecule has 0 fully saturated rings. The molecule has 80 valence electrons. The predicted molar refractivity (Wildman–Crippen MR) is 59.8 cm³/mol. The van der Waals surface area contributed by atoms with E-state index < -0.39 is 0 Å². The van der Waals surface area contributed by atoms with Gasteiger partial charge in [0.25, 0.3) is 0 Å². The van der Waals surface area contributed by atoms with Crippen LogP contribution in [0.4, 0.5) is 11.5 Å². The van der Waals surface area contributed by atoms with Gasteiger partial charge in [0.1, 0.15) is 5.82 Å². The van der Waals surface area contributed by atoms with Crippen molar-refractivity contribution < 1.29 is 4.79 Å². The fourth-order valence-electron chi connectivity index (χ4n) is 1.56. The molecule has 2 rings (SSSR count). The summed E-state index contributed by atoms with van der Waals surface area (Å²) in [6, 6.07) is 3.67. The summed E-state index contributed by atoms with van der Waals surface area (Å²) in [6.07, 6.45) is 2.52. The average molecular weight is 205 g/mol. The van der Waals surface area contributed by atoms with Gasteiger partial charge in [-0.05, 0) is 25.5 Å². The van der Waals surface area contributed by atoms with Gasteiger partial charge in [-0.25, -0.2) is 4.98 Å². The van der Waals surface area contributed by atoms with Gasteiger partial charge in [0.15, 0.2) is 0 Å². The lowest BCUT2D eigenvalue weighted by Crippen LogP contribution is -2.36. The second-order valence-electron chi connectivity index (χ2n) is 4.12. The number of anilines is 2. The summed E-state index contributed by atoms with van der Waals surface area (Å²) in [5, 5.41) is 6.10. The van der Waals surface area contributed by atoms with Crippen LogP contribution in [0.1, 0.15) is 20.3 Å². The molecular weight excluding hydrogens is 190 g/mol. The maximum absolute atomic E-state index is 12.0. The Labute approximate surface area is 89.1 Å². The molecule has 2 N–H and O–H groups in total. The summed E-state index contributed by atoms with van der Waals surface area (Å²) in [6.45, 7) is 4.60. The van der Waals surface area contributed by atoms with E-state index in [2.05, 4.69) is 15.6 Å². The zero-order valence-electron chi connectivity index (χ0n) is 9.00. The molecule has 0 spiro atoms. The quantitative estimate of drug-likeness (QED) is 0.735. The standard InChI is InChI=1S/C11H15N3O/c1-3-11(2)7-13-9-8(14-10(11)15)5-4-6-12-9/h4-6H,3,7H2,1-2H3,(H,12,13)(H,14,15). The number of carbonyl (C=O) groups is 1. The molecular formula is C11H15N3O. The second kappa shape index (κ2) is 3.53. The minimum absolute atomic E-state index is 0.0595. The van der Waals surface area contributed by atoms with Crippen LogP contribution in [-0.4, -0.2) is 17.4 Å². The van der Waals surface area contributed by atoms with Crippen LogP contribution in [0.5, 0.6) is 0 Å². The van der Waals surface area contributed by atoms with Crippen LogP contribution >= 0.6 is 0 Å². The Morgan fingerprint density at radius 1 is 1.60 bits per heavy atom. The zero-order chi connectivity index (χ0) is 10.9. The zero-order valence-corrected chi connectivity index (χ0v) is 9.00. The van der Waals surface area contributed by atoms with Gasteiger partial charge in [-0.3, -0.25) is 4.79 Å². The largest absolute Gasteiger partial charge is 0.367 e. The molecule has 0 radical (unpaired) electrons. The number of rotatable bonds is 1. The lowest BCUT2D eigenvalue weighted by atomic mass is 9.87. The molecule has 1 atom stereocenters. The molecule has 1 aromatic rings. The molecule has 15 heavy (non-hydrogen) atoms. The fraction of sp³-hybridized carbons (Fsp3) is 0.455. The minimum atomic E-state index is -0.360. The number of pyridine rings is 1. The first-order valence-corrected chi connectivity index (χ1v) is 5.16. The summed E-state index contributed by atoms with van der Waals surface area (Å²) in [5.41, 5.74) is 0.403. The summed E-state index contributed by atoms with van der Waals surface area (Å²) in [4.78, 5) is 16.1. The lowest BCUT2D eigenvalue weighted by molar-refractivity contribution is -0.124. The Morgan fingerprint density at radius 3 is 3.13 bits per heavy atom. The van der Waals surface area contributed by atoms with Gasteiger partial charge in [0.2, 0.25) is 5.91 Å². The van der Waals surface area contributed by atoms with Crippen LogP contribution in [0.25, 0.3) is 0 Å². The molecule has 1 aromatic heterocycles. The number of carbonyl (C=O) groups excluding carboxylic acids is 1. The molecule has 0 bridgehead atoms. The number of nitrogens with one attached hydrogen (secondary N) is 2. The van der Waals surface area contributed by atoms with Crippen molar-refractivity contribution in [2.45, 2.75) is 20.3 Å². The van der Waals surface area contributed by atoms with Crippen molar-refractivity contribution in [1.82, 2.24) is 4.98 Å². The van der Waals surface area contributed by atoms with Crippen molar-refractivity contribution in [2.24, 2.45) is 5.41 Å². The molecule has 0 aromatic carbocycles. The fourth-order valence-corrected chi connectivity index (χ4v) is 1.56. The first-order chi connectivity index (χ1) is 7.15. The van der Waals surface area contributed by atoms with Gasteiger partial charge < -0.3 is 10.6 Å². The maximum Gasteiger partial charge on any atom is 0.232 e. The first-order valence-electron chi connectivity index (χ1n) is 5.16. The molecule has 4 heteroatoms. The number of fused-ring (bicyclic) bond motifs is 1. The smallest absolute Gasteiger partial charge is 0.232 e. The van der Waals surface area contributed by atoms with Crippen molar-refractivity contribution >= 4 is 17.4 Å². The molecule has 2 heterocycles. The number of nitrogens with zero attached hydrogens (tertiary/aromatic N) is 1. The van der Waals surface area contributed by atoms with E-state index in [9.17, 15) is 4.79 Å². The highest BCUT2D eigenvalue weighted by molar-refractivity contribution is 5.98. The summed E-state index contributed by atoms with van der Waals surface area (Å²) >= 11 is 0. The summed E-state index contributed by atoms with van der Waals surface area (Å²) < 4.78 is 0. The van der Waals surface area contributed by atoms with Crippen LogP contribution < -0.4 is 10.6 Å². The summed E-state index contributed by atoms with van der Waals surface area (Å²) in [7, 11) is 0. The first kappa shape index (κ1) is 9.96. The predicted octanol–water partition coefficient (Wildman–Crippen LogP) is 1.86. The third-order valence-electron chi connectivity index (χ3n) is 3.03.